The number of hydrogen-bond donors (Lipinski definition) is 4. The highest BCUT2D eigenvalue weighted by molar-refractivity contribution is 6.08. The summed E-state index contributed by atoms with van der Waals surface area (Å²) in [5, 5.41) is 20.7. The van der Waals surface area contributed by atoms with Gasteiger partial charge in [0, 0.05) is 23.7 Å². The Morgan fingerprint density at radius 1 is 1.09 bits per heavy atom. The van der Waals surface area contributed by atoms with E-state index in [9.17, 15) is 9.59 Å². The second-order valence-corrected chi connectivity index (χ2v) is 8.61. The second kappa shape index (κ2) is 9.15. The van der Waals surface area contributed by atoms with Gasteiger partial charge in [0.05, 0.1) is 23.3 Å². The Labute approximate surface area is 190 Å². The van der Waals surface area contributed by atoms with Crippen LogP contribution in [0.15, 0.2) is 60.9 Å². The van der Waals surface area contributed by atoms with Gasteiger partial charge in [-0.05, 0) is 32.4 Å². The zero-order valence-corrected chi connectivity index (χ0v) is 18.7. The van der Waals surface area contributed by atoms with E-state index in [4.69, 9.17) is 4.74 Å². The first-order valence-electron chi connectivity index (χ1n) is 10.6. The summed E-state index contributed by atoms with van der Waals surface area (Å²) < 4.78 is 5.33. The maximum atomic E-state index is 13.3. The predicted octanol–water partition coefficient (Wildman–Crippen LogP) is 3.95. The van der Waals surface area contributed by atoms with Crippen molar-refractivity contribution < 1.29 is 14.3 Å². The van der Waals surface area contributed by atoms with Crippen molar-refractivity contribution in [2.45, 2.75) is 32.4 Å². The molecule has 2 aromatic carbocycles. The molecule has 4 rings (SSSR count). The highest BCUT2D eigenvalue weighted by atomic mass is 16.6. The molecule has 0 aliphatic heterocycles. The molecule has 0 radical (unpaired) electrons. The summed E-state index contributed by atoms with van der Waals surface area (Å²) in [4.78, 5) is 25.5. The fraction of sp³-hybridized carbons (Fsp3) is 0.250. The molecular formula is C24H26N6O3. The van der Waals surface area contributed by atoms with Crippen LogP contribution < -0.4 is 10.6 Å². The minimum atomic E-state index is -0.613. The van der Waals surface area contributed by atoms with Crippen molar-refractivity contribution in [1.29, 1.82) is 0 Å². The van der Waals surface area contributed by atoms with E-state index < -0.39 is 17.7 Å². The maximum absolute atomic E-state index is 13.3. The molecule has 0 aliphatic carbocycles. The molecule has 0 saturated heterocycles. The molecule has 33 heavy (non-hydrogen) atoms. The zero-order chi connectivity index (χ0) is 23.4. The third kappa shape index (κ3) is 5.20. The first-order chi connectivity index (χ1) is 15.8. The molecule has 0 spiro atoms. The number of alkyl carbamates (subject to hydrolysis) is 1. The van der Waals surface area contributed by atoms with Gasteiger partial charge in [0.2, 0.25) is 0 Å². The lowest BCUT2D eigenvalue weighted by atomic mass is 10.0. The van der Waals surface area contributed by atoms with Crippen LogP contribution in [0.2, 0.25) is 0 Å². The van der Waals surface area contributed by atoms with E-state index in [0.29, 0.717) is 16.8 Å². The van der Waals surface area contributed by atoms with Gasteiger partial charge in [-0.2, -0.15) is 10.2 Å². The van der Waals surface area contributed by atoms with Crippen molar-refractivity contribution in [2.24, 2.45) is 0 Å². The van der Waals surface area contributed by atoms with E-state index in [1.54, 1.807) is 39.2 Å². The van der Waals surface area contributed by atoms with Crippen LogP contribution in [0.3, 0.4) is 0 Å². The summed E-state index contributed by atoms with van der Waals surface area (Å²) in [7, 11) is 0. The summed E-state index contributed by atoms with van der Waals surface area (Å²) in [6, 6.07) is 14.4. The molecule has 9 nitrogen and oxygen atoms in total. The highest BCUT2D eigenvalue weighted by Gasteiger charge is 2.22. The van der Waals surface area contributed by atoms with Crippen LogP contribution in [0, 0.1) is 0 Å². The Hall–Kier alpha value is -4.14. The number of aromatic amines is 2. The minimum Gasteiger partial charge on any atom is -0.444 e. The number of carbonyl (C=O) groups excluding carboxylic acids is 2. The number of nitrogens with zero attached hydrogens (tertiary/aromatic N) is 2. The standard InChI is InChI=1S/C24H26N6O3/c1-24(2,3)33-23(32)25-14-19(15-8-5-4-6-9-15)28-22(31)18-11-7-10-17-20(29-30-21(17)18)16-12-26-27-13-16/h4-13,19H,14H2,1-3H3,(H,25,32)(H,26,27)(H,28,31)(H,29,30)/t19-/m0/s1. The van der Waals surface area contributed by atoms with Crippen molar-refractivity contribution in [2.75, 3.05) is 6.54 Å². The average molecular weight is 447 g/mol. The first kappa shape index (κ1) is 22.1. The topological polar surface area (TPSA) is 125 Å². The molecule has 0 bridgehead atoms. The van der Waals surface area contributed by atoms with Gasteiger partial charge in [-0.3, -0.25) is 15.0 Å². The Morgan fingerprint density at radius 3 is 2.58 bits per heavy atom. The number of benzene rings is 2. The summed E-state index contributed by atoms with van der Waals surface area (Å²) in [6.07, 6.45) is 2.88. The summed E-state index contributed by atoms with van der Waals surface area (Å²) >= 11 is 0. The summed E-state index contributed by atoms with van der Waals surface area (Å²) in [6.45, 7) is 5.56. The maximum Gasteiger partial charge on any atom is 0.407 e. The van der Waals surface area contributed by atoms with E-state index in [0.717, 1.165) is 16.5 Å². The van der Waals surface area contributed by atoms with Crippen molar-refractivity contribution >= 4 is 22.9 Å². The van der Waals surface area contributed by atoms with Crippen molar-refractivity contribution in [3.05, 3.63) is 72.1 Å². The van der Waals surface area contributed by atoms with Crippen LogP contribution in [0.1, 0.15) is 42.7 Å². The SMILES string of the molecule is CC(C)(C)OC(=O)NC[C@H](NC(=O)c1cccc2c(-c3cn[nH]c3)n[nH]c12)c1ccccc1. The average Bonchev–Trinajstić information content (AvgIpc) is 3.45. The van der Waals surface area contributed by atoms with Gasteiger partial charge < -0.3 is 15.4 Å². The molecule has 2 aromatic heterocycles. The molecule has 0 aliphatic rings. The fourth-order valence-electron chi connectivity index (χ4n) is 3.50. The number of rotatable bonds is 6. The van der Waals surface area contributed by atoms with Crippen LogP contribution >= 0.6 is 0 Å². The lowest BCUT2D eigenvalue weighted by Gasteiger charge is -2.23. The molecule has 4 N–H and O–H groups in total. The molecule has 0 unspecified atom stereocenters. The van der Waals surface area contributed by atoms with E-state index in [2.05, 4.69) is 31.0 Å². The minimum absolute atomic E-state index is 0.171. The van der Waals surface area contributed by atoms with E-state index in [1.165, 1.54) is 0 Å². The quantitative estimate of drug-likeness (QED) is 0.357. The number of amides is 2. The number of H-pyrrole nitrogens is 2. The second-order valence-electron chi connectivity index (χ2n) is 8.61. The smallest absolute Gasteiger partial charge is 0.407 e. The third-order valence-electron chi connectivity index (χ3n) is 4.97. The zero-order valence-electron chi connectivity index (χ0n) is 18.7. The lowest BCUT2D eigenvalue weighted by Crippen LogP contribution is -2.40. The molecule has 2 heterocycles. The Morgan fingerprint density at radius 2 is 1.88 bits per heavy atom. The number of hydrogen-bond acceptors (Lipinski definition) is 5. The van der Waals surface area contributed by atoms with Crippen molar-refractivity contribution in [3.63, 3.8) is 0 Å². The highest BCUT2D eigenvalue weighted by Crippen LogP contribution is 2.27. The fourth-order valence-corrected chi connectivity index (χ4v) is 3.50. The summed E-state index contributed by atoms with van der Waals surface area (Å²) in [5.41, 5.74) is 2.85. The number of carbonyl (C=O) groups is 2. The van der Waals surface area contributed by atoms with Gasteiger partial charge in [0.25, 0.3) is 5.91 Å². The molecule has 4 aromatic rings. The molecule has 1 atom stereocenters. The molecule has 2 amide bonds. The number of ether oxygens (including phenoxy) is 1. The summed E-state index contributed by atoms with van der Waals surface area (Å²) in [5.74, 6) is -0.289. The molecule has 9 heteroatoms. The van der Waals surface area contributed by atoms with E-state index in [1.807, 2.05) is 42.5 Å². The lowest BCUT2D eigenvalue weighted by molar-refractivity contribution is 0.0520. The van der Waals surface area contributed by atoms with E-state index >= 15 is 0 Å². The number of fused-ring (bicyclic) bond motifs is 1. The molecule has 170 valence electrons. The van der Waals surface area contributed by atoms with Gasteiger partial charge in [-0.1, -0.05) is 42.5 Å². The predicted molar refractivity (Wildman–Crippen MR) is 125 cm³/mol. The Bertz CT molecular complexity index is 1240. The Kier molecular flexibility index (Phi) is 6.12. The van der Waals surface area contributed by atoms with Crippen LogP contribution in [-0.4, -0.2) is 44.5 Å². The molecular weight excluding hydrogens is 420 g/mol. The van der Waals surface area contributed by atoms with Gasteiger partial charge in [0.15, 0.2) is 0 Å². The number of nitrogens with one attached hydrogen (secondary N) is 4. The largest absolute Gasteiger partial charge is 0.444 e. The monoisotopic (exact) mass is 446 g/mol. The molecule has 0 fully saturated rings. The first-order valence-corrected chi connectivity index (χ1v) is 10.6. The third-order valence-corrected chi connectivity index (χ3v) is 4.97. The number of aromatic nitrogens is 4. The van der Waals surface area contributed by atoms with Crippen LogP contribution in [0.25, 0.3) is 22.2 Å². The van der Waals surface area contributed by atoms with Gasteiger partial charge in [-0.25, -0.2) is 4.79 Å². The van der Waals surface area contributed by atoms with Crippen LogP contribution in [0.4, 0.5) is 4.79 Å². The normalized spacial score (nSPS) is 12.3. The van der Waals surface area contributed by atoms with Crippen LogP contribution in [-0.2, 0) is 4.74 Å². The van der Waals surface area contributed by atoms with Gasteiger partial charge in [0.1, 0.15) is 11.3 Å². The van der Waals surface area contributed by atoms with Crippen molar-refractivity contribution in [3.8, 4) is 11.3 Å². The van der Waals surface area contributed by atoms with Gasteiger partial charge >= 0.3 is 6.09 Å². The van der Waals surface area contributed by atoms with Crippen LogP contribution in [0.5, 0.6) is 0 Å². The Balaban J connectivity index is 1.57. The van der Waals surface area contributed by atoms with Gasteiger partial charge in [-0.15, -0.1) is 0 Å². The van der Waals surface area contributed by atoms with E-state index in [-0.39, 0.29) is 12.5 Å². The van der Waals surface area contributed by atoms with Crippen molar-refractivity contribution in [1.82, 2.24) is 31.0 Å². The number of para-hydroxylation sites is 1. The molecule has 0 saturated carbocycles.